The van der Waals surface area contributed by atoms with Gasteiger partial charge in [0.25, 0.3) is 5.91 Å². The van der Waals surface area contributed by atoms with Gasteiger partial charge in [-0.15, -0.1) is 0 Å². The lowest BCUT2D eigenvalue weighted by atomic mass is 9.94. The number of anilines is 1. The lowest BCUT2D eigenvalue weighted by Crippen LogP contribution is -2.54. The number of hydrogen-bond acceptors (Lipinski definition) is 6. The third kappa shape index (κ3) is 6.68. The van der Waals surface area contributed by atoms with Gasteiger partial charge >= 0.3 is 0 Å². The second-order valence-electron chi connectivity index (χ2n) is 8.99. The molecular weight excluding hydrogens is 424 g/mol. The van der Waals surface area contributed by atoms with Gasteiger partial charge in [0.15, 0.2) is 0 Å². The zero-order valence-corrected chi connectivity index (χ0v) is 20.1. The minimum absolute atomic E-state index is 0.0135. The summed E-state index contributed by atoms with van der Waals surface area (Å²) in [5.41, 5.74) is 0.990. The van der Waals surface area contributed by atoms with Gasteiger partial charge in [0.05, 0.1) is 24.1 Å². The summed E-state index contributed by atoms with van der Waals surface area (Å²) in [6.45, 7) is 3.64. The SMILES string of the molecule is CCC(=O)Nc1ccc2c(c1)C(=O)N(C)[C@H]1CC[C@H](CC(=O)NCCCN(C)C)O[C@@H]1CO2. The predicted octanol–water partition coefficient (Wildman–Crippen LogP) is 1.87. The third-order valence-electron chi connectivity index (χ3n) is 6.13. The average Bonchev–Trinajstić information content (AvgIpc) is 2.79. The fraction of sp³-hybridized carbons (Fsp3) is 0.625. The Morgan fingerprint density at radius 2 is 2.00 bits per heavy atom. The lowest BCUT2D eigenvalue weighted by Gasteiger charge is -2.42. The second-order valence-corrected chi connectivity index (χ2v) is 8.99. The number of nitrogens with one attached hydrogen (secondary N) is 2. The third-order valence-corrected chi connectivity index (χ3v) is 6.13. The van der Waals surface area contributed by atoms with E-state index in [2.05, 4.69) is 15.5 Å². The van der Waals surface area contributed by atoms with Gasteiger partial charge in [0, 0.05) is 25.7 Å². The van der Waals surface area contributed by atoms with Crippen molar-refractivity contribution in [3.05, 3.63) is 23.8 Å². The number of benzene rings is 1. The first-order chi connectivity index (χ1) is 15.8. The molecule has 0 spiro atoms. The van der Waals surface area contributed by atoms with E-state index in [0.29, 0.717) is 42.8 Å². The van der Waals surface area contributed by atoms with Crippen LogP contribution < -0.4 is 15.4 Å². The van der Waals surface area contributed by atoms with Gasteiger partial charge < -0.3 is 29.9 Å². The van der Waals surface area contributed by atoms with Gasteiger partial charge in [0.2, 0.25) is 11.8 Å². The second kappa shape index (κ2) is 11.5. The topological polar surface area (TPSA) is 100 Å². The molecule has 9 nitrogen and oxygen atoms in total. The maximum atomic E-state index is 13.2. The first-order valence-electron chi connectivity index (χ1n) is 11.7. The number of rotatable bonds is 8. The minimum atomic E-state index is -0.313. The Balaban J connectivity index is 1.62. The number of hydrogen-bond donors (Lipinski definition) is 2. The van der Waals surface area contributed by atoms with Crippen molar-refractivity contribution in [3.63, 3.8) is 0 Å². The Kier molecular flexibility index (Phi) is 8.68. The molecule has 0 aliphatic carbocycles. The normalized spacial score (nSPS) is 22.5. The van der Waals surface area contributed by atoms with E-state index >= 15 is 0 Å². The Bertz CT molecular complexity index is 859. The smallest absolute Gasteiger partial charge is 0.257 e. The number of nitrogens with zero attached hydrogens (tertiary/aromatic N) is 2. The lowest BCUT2D eigenvalue weighted by molar-refractivity contribution is -0.134. The zero-order chi connectivity index (χ0) is 24.0. The largest absolute Gasteiger partial charge is 0.490 e. The van der Waals surface area contributed by atoms with Crippen molar-refractivity contribution < 1.29 is 23.9 Å². The van der Waals surface area contributed by atoms with Crippen LogP contribution in [0, 0.1) is 0 Å². The van der Waals surface area contributed by atoms with Gasteiger partial charge in [-0.05, 0) is 58.1 Å². The van der Waals surface area contributed by atoms with Gasteiger partial charge in [-0.2, -0.15) is 0 Å². The van der Waals surface area contributed by atoms with Crippen LogP contribution in [0.4, 0.5) is 5.69 Å². The molecule has 0 bridgehead atoms. The number of fused-ring (bicyclic) bond motifs is 2. The highest BCUT2D eigenvalue weighted by Crippen LogP contribution is 2.32. The van der Waals surface area contributed by atoms with Crippen LogP contribution in [0.25, 0.3) is 0 Å². The summed E-state index contributed by atoms with van der Waals surface area (Å²) in [6, 6.07) is 4.95. The van der Waals surface area contributed by atoms with E-state index < -0.39 is 0 Å². The van der Waals surface area contributed by atoms with Crippen LogP contribution in [0.2, 0.25) is 0 Å². The maximum absolute atomic E-state index is 13.2. The molecule has 1 saturated heterocycles. The molecule has 3 rings (SSSR count). The van der Waals surface area contributed by atoms with E-state index in [1.807, 2.05) is 14.1 Å². The molecule has 182 valence electrons. The molecule has 2 heterocycles. The average molecular weight is 461 g/mol. The molecule has 1 aromatic rings. The van der Waals surface area contributed by atoms with E-state index in [4.69, 9.17) is 9.47 Å². The van der Waals surface area contributed by atoms with E-state index in [1.165, 1.54) is 0 Å². The minimum Gasteiger partial charge on any atom is -0.490 e. The van der Waals surface area contributed by atoms with E-state index in [9.17, 15) is 14.4 Å². The summed E-state index contributed by atoms with van der Waals surface area (Å²) in [6.07, 6.45) is 2.49. The number of ether oxygens (including phenoxy) is 2. The highest BCUT2D eigenvalue weighted by Gasteiger charge is 2.39. The summed E-state index contributed by atoms with van der Waals surface area (Å²) in [4.78, 5) is 41.1. The summed E-state index contributed by atoms with van der Waals surface area (Å²) in [5.74, 6) is 0.161. The van der Waals surface area contributed by atoms with Crippen LogP contribution in [-0.2, 0) is 14.3 Å². The highest BCUT2D eigenvalue weighted by molar-refractivity contribution is 5.99. The summed E-state index contributed by atoms with van der Waals surface area (Å²) < 4.78 is 12.2. The van der Waals surface area contributed by atoms with Crippen molar-refractivity contribution >= 4 is 23.4 Å². The molecule has 2 N–H and O–H groups in total. The van der Waals surface area contributed by atoms with E-state index in [0.717, 1.165) is 19.4 Å². The fourth-order valence-electron chi connectivity index (χ4n) is 4.26. The molecular formula is C24H36N4O5. The van der Waals surface area contributed by atoms with Crippen molar-refractivity contribution in [3.8, 4) is 5.75 Å². The molecule has 33 heavy (non-hydrogen) atoms. The monoisotopic (exact) mass is 460 g/mol. The molecule has 2 aliphatic rings. The first-order valence-corrected chi connectivity index (χ1v) is 11.7. The first kappa shape index (κ1) is 25.0. The van der Waals surface area contributed by atoms with Crippen LogP contribution in [0.15, 0.2) is 18.2 Å². The molecule has 0 saturated carbocycles. The van der Waals surface area contributed by atoms with Crippen LogP contribution in [-0.4, -0.2) is 86.6 Å². The van der Waals surface area contributed by atoms with Gasteiger partial charge in [0.1, 0.15) is 18.5 Å². The number of likely N-dealkylation sites (N-methyl/N-ethyl adjacent to an activating group) is 1. The molecule has 0 radical (unpaired) electrons. The van der Waals surface area contributed by atoms with Gasteiger partial charge in [-0.3, -0.25) is 14.4 Å². The highest BCUT2D eigenvalue weighted by atomic mass is 16.5. The Labute approximate surface area is 195 Å². The van der Waals surface area contributed by atoms with E-state index in [1.54, 1.807) is 37.1 Å². The van der Waals surface area contributed by atoms with Crippen molar-refractivity contribution in [1.29, 1.82) is 0 Å². The number of carbonyl (C=O) groups excluding carboxylic acids is 3. The molecule has 1 fully saturated rings. The molecule has 0 aromatic heterocycles. The molecule has 2 aliphatic heterocycles. The van der Waals surface area contributed by atoms with Gasteiger partial charge in [-0.1, -0.05) is 6.92 Å². The standard InChI is InChI=1S/C24H36N4O5/c1-5-22(29)26-16-7-10-20-18(13-16)24(31)28(4)19-9-8-17(33-21(19)15-32-20)14-23(30)25-11-6-12-27(2)3/h7,10,13,17,19,21H,5-6,8-9,11-12,14-15H2,1-4H3,(H,25,30)(H,26,29)/t17-,19+,21-/m1/s1. The van der Waals surface area contributed by atoms with Crippen LogP contribution in [0.1, 0.15) is 49.4 Å². The molecule has 3 amide bonds. The van der Waals surface area contributed by atoms with E-state index in [-0.39, 0.29) is 42.6 Å². The Morgan fingerprint density at radius 3 is 2.73 bits per heavy atom. The van der Waals surface area contributed by atoms with Crippen molar-refractivity contribution in [1.82, 2.24) is 15.1 Å². The van der Waals surface area contributed by atoms with Crippen LogP contribution in [0.5, 0.6) is 5.75 Å². The van der Waals surface area contributed by atoms with Crippen LogP contribution >= 0.6 is 0 Å². The summed E-state index contributed by atoms with van der Waals surface area (Å²) >= 11 is 0. The van der Waals surface area contributed by atoms with Crippen molar-refractivity contribution in [2.75, 3.05) is 46.2 Å². The molecule has 3 atom stereocenters. The zero-order valence-electron chi connectivity index (χ0n) is 20.1. The predicted molar refractivity (Wildman–Crippen MR) is 125 cm³/mol. The van der Waals surface area contributed by atoms with Crippen molar-refractivity contribution in [2.45, 2.75) is 57.3 Å². The Morgan fingerprint density at radius 1 is 1.21 bits per heavy atom. The molecule has 1 aromatic carbocycles. The quantitative estimate of drug-likeness (QED) is 0.575. The summed E-state index contributed by atoms with van der Waals surface area (Å²) in [7, 11) is 5.79. The van der Waals surface area contributed by atoms with Crippen molar-refractivity contribution in [2.24, 2.45) is 0 Å². The number of amides is 3. The van der Waals surface area contributed by atoms with Gasteiger partial charge in [-0.25, -0.2) is 0 Å². The summed E-state index contributed by atoms with van der Waals surface area (Å²) in [5, 5.41) is 5.75. The fourth-order valence-corrected chi connectivity index (χ4v) is 4.26. The maximum Gasteiger partial charge on any atom is 0.257 e. The molecule has 9 heteroatoms. The molecule has 0 unspecified atom stereocenters. The Hall–Kier alpha value is -2.65. The van der Waals surface area contributed by atoms with Crippen LogP contribution in [0.3, 0.4) is 0 Å². The number of carbonyl (C=O) groups is 3.